The highest BCUT2D eigenvalue weighted by Gasteiger charge is 2.17. The average molecular weight is 292 g/mol. The number of carbonyl (C=O) groups excluding carboxylic acids is 2. The lowest BCUT2D eigenvalue weighted by Crippen LogP contribution is -2.22. The normalized spacial score (nSPS) is 10.2. The molecule has 7 nitrogen and oxygen atoms in total. The van der Waals surface area contributed by atoms with Gasteiger partial charge in [-0.2, -0.15) is 0 Å². The number of methoxy groups -OCH3 is 1. The van der Waals surface area contributed by atoms with Gasteiger partial charge in [0, 0.05) is 5.56 Å². The molecule has 3 amide bonds. The van der Waals surface area contributed by atoms with E-state index in [1.54, 1.807) is 0 Å². The van der Waals surface area contributed by atoms with Gasteiger partial charge in [0.1, 0.15) is 17.4 Å². The van der Waals surface area contributed by atoms with Gasteiger partial charge in [-0.3, -0.25) is 10.1 Å². The van der Waals surface area contributed by atoms with Crippen LogP contribution in [0, 0.1) is 5.82 Å². The highest BCUT2D eigenvalue weighted by atomic mass is 19.1. The van der Waals surface area contributed by atoms with Gasteiger partial charge in [0.05, 0.1) is 18.4 Å². The molecule has 0 bridgehead atoms. The first-order valence-corrected chi connectivity index (χ1v) is 5.85. The molecule has 0 atom stereocenters. The number of aromatic nitrogens is 1. The van der Waals surface area contributed by atoms with Gasteiger partial charge in [0.25, 0.3) is 5.91 Å². The van der Waals surface area contributed by atoms with Gasteiger partial charge in [-0.05, 0) is 24.3 Å². The summed E-state index contributed by atoms with van der Waals surface area (Å²) in [5.41, 5.74) is 11.0. The minimum absolute atomic E-state index is 0.0233. The molecule has 0 saturated heterocycles. The molecule has 8 heteroatoms. The molecule has 0 saturated carbocycles. The summed E-state index contributed by atoms with van der Waals surface area (Å²) in [6.45, 7) is 0. The number of benzene rings is 1. The van der Waals surface area contributed by atoms with Gasteiger partial charge >= 0.3 is 6.03 Å². The fourth-order valence-electron chi connectivity index (χ4n) is 1.91. The number of carbonyl (C=O) groups is 2. The predicted octanol–water partition coefficient (Wildman–Crippen LogP) is 1.42. The highest BCUT2D eigenvalue weighted by molar-refractivity contribution is 6.03. The van der Waals surface area contributed by atoms with E-state index in [4.69, 9.17) is 16.2 Å². The average Bonchev–Trinajstić information content (AvgIpc) is 2.81. The van der Waals surface area contributed by atoms with Gasteiger partial charge in [-0.15, -0.1) is 0 Å². The maximum Gasteiger partial charge on any atom is 0.317 e. The number of primary amides is 2. The van der Waals surface area contributed by atoms with Crippen molar-refractivity contribution >= 4 is 17.8 Å². The number of hydrogen-bond acceptors (Lipinski definition) is 3. The SMILES string of the molecule is COc1ccc(F)cc1-c1cc(C(N)=O)c(NC(N)=O)[nH]1. The molecule has 1 heterocycles. The number of nitrogens with two attached hydrogens (primary N) is 2. The van der Waals surface area contributed by atoms with Crippen molar-refractivity contribution in [2.45, 2.75) is 0 Å². The number of nitrogens with one attached hydrogen (secondary N) is 2. The third-order valence-electron chi connectivity index (χ3n) is 2.78. The lowest BCUT2D eigenvalue weighted by Gasteiger charge is -2.06. The summed E-state index contributed by atoms with van der Waals surface area (Å²) in [5.74, 6) is -0.822. The molecular formula is C13H13FN4O3. The van der Waals surface area contributed by atoms with Crippen LogP contribution in [0.4, 0.5) is 15.0 Å². The Kier molecular flexibility index (Phi) is 3.79. The van der Waals surface area contributed by atoms with Crippen molar-refractivity contribution < 1.29 is 18.7 Å². The Morgan fingerprint density at radius 1 is 1.29 bits per heavy atom. The summed E-state index contributed by atoms with van der Waals surface area (Å²) in [7, 11) is 1.43. The van der Waals surface area contributed by atoms with E-state index >= 15 is 0 Å². The summed E-state index contributed by atoms with van der Waals surface area (Å²) in [4.78, 5) is 25.0. The molecule has 110 valence electrons. The monoisotopic (exact) mass is 292 g/mol. The molecule has 0 aliphatic carbocycles. The van der Waals surface area contributed by atoms with Crippen LogP contribution < -0.4 is 21.5 Å². The third-order valence-corrected chi connectivity index (χ3v) is 2.78. The first-order valence-electron chi connectivity index (χ1n) is 5.85. The summed E-state index contributed by atoms with van der Waals surface area (Å²) in [6, 6.07) is 4.42. The Morgan fingerprint density at radius 2 is 2.00 bits per heavy atom. The third kappa shape index (κ3) is 2.94. The van der Waals surface area contributed by atoms with Crippen LogP contribution in [0.1, 0.15) is 10.4 Å². The molecule has 21 heavy (non-hydrogen) atoms. The van der Waals surface area contributed by atoms with E-state index in [2.05, 4.69) is 10.3 Å². The second-order valence-corrected chi connectivity index (χ2v) is 4.17. The van der Waals surface area contributed by atoms with E-state index < -0.39 is 17.8 Å². The van der Waals surface area contributed by atoms with Crippen molar-refractivity contribution in [2.24, 2.45) is 11.5 Å². The molecule has 0 spiro atoms. The van der Waals surface area contributed by atoms with Crippen LogP contribution >= 0.6 is 0 Å². The Morgan fingerprint density at radius 3 is 2.57 bits per heavy atom. The zero-order valence-corrected chi connectivity index (χ0v) is 11.1. The topological polar surface area (TPSA) is 123 Å². The molecule has 0 aliphatic heterocycles. The van der Waals surface area contributed by atoms with Crippen LogP contribution in [0.15, 0.2) is 24.3 Å². The van der Waals surface area contributed by atoms with E-state index in [0.29, 0.717) is 17.0 Å². The lowest BCUT2D eigenvalue weighted by atomic mass is 10.1. The van der Waals surface area contributed by atoms with E-state index in [9.17, 15) is 14.0 Å². The van der Waals surface area contributed by atoms with Crippen molar-refractivity contribution in [1.82, 2.24) is 4.98 Å². The zero-order chi connectivity index (χ0) is 15.6. The standard InChI is InChI=1S/C13H13FN4O3/c1-21-10-3-2-6(14)4-7(10)9-5-8(11(15)19)12(17-9)18-13(16)20/h2-5,17H,1H3,(H2,15,19)(H3,16,18,20). The van der Waals surface area contributed by atoms with Crippen molar-refractivity contribution in [1.29, 1.82) is 0 Å². The number of hydrogen-bond donors (Lipinski definition) is 4. The van der Waals surface area contributed by atoms with Gasteiger partial charge in [0.2, 0.25) is 0 Å². The molecule has 1 aromatic heterocycles. The molecule has 0 radical (unpaired) electrons. The summed E-state index contributed by atoms with van der Waals surface area (Å²) < 4.78 is 18.5. The summed E-state index contributed by atoms with van der Waals surface area (Å²) in [5, 5.41) is 2.24. The largest absolute Gasteiger partial charge is 0.496 e. The van der Waals surface area contributed by atoms with E-state index in [-0.39, 0.29) is 11.4 Å². The molecule has 1 aromatic carbocycles. The molecular weight excluding hydrogens is 279 g/mol. The van der Waals surface area contributed by atoms with Gasteiger partial charge in [0.15, 0.2) is 0 Å². The lowest BCUT2D eigenvalue weighted by molar-refractivity contribution is 0.100. The van der Waals surface area contributed by atoms with E-state index in [1.807, 2.05) is 0 Å². The Hall–Kier alpha value is -3.03. The number of H-pyrrole nitrogens is 1. The Balaban J connectivity index is 2.57. The molecule has 0 unspecified atom stereocenters. The highest BCUT2D eigenvalue weighted by Crippen LogP contribution is 2.32. The fraction of sp³-hybridized carbons (Fsp3) is 0.0769. The zero-order valence-electron chi connectivity index (χ0n) is 11.1. The van der Waals surface area contributed by atoms with E-state index in [0.717, 1.165) is 0 Å². The first-order chi connectivity index (χ1) is 9.92. The number of amides is 3. The smallest absolute Gasteiger partial charge is 0.317 e. The van der Waals surface area contributed by atoms with Crippen LogP contribution in [-0.4, -0.2) is 24.0 Å². The van der Waals surface area contributed by atoms with Crippen LogP contribution in [0.25, 0.3) is 11.3 Å². The maximum atomic E-state index is 13.4. The van der Waals surface area contributed by atoms with Crippen molar-refractivity contribution in [2.75, 3.05) is 12.4 Å². The van der Waals surface area contributed by atoms with Crippen molar-refractivity contribution in [3.05, 3.63) is 35.6 Å². The number of halogens is 1. The molecule has 0 fully saturated rings. The Bertz CT molecular complexity index is 711. The van der Waals surface area contributed by atoms with Gasteiger partial charge in [-0.1, -0.05) is 0 Å². The van der Waals surface area contributed by atoms with Crippen LogP contribution in [0.5, 0.6) is 5.75 Å². The molecule has 2 rings (SSSR count). The number of anilines is 1. The van der Waals surface area contributed by atoms with Crippen LogP contribution in [0.3, 0.4) is 0 Å². The quantitative estimate of drug-likeness (QED) is 0.681. The second kappa shape index (κ2) is 5.53. The van der Waals surface area contributed by atoms with Crippen LogP contribution in [0.2, 0.25) is 0 Å². The Labute approximate surface area is 119 Å². The number of urea groups is 1. The fourth-order valence-corrected chi connectivity index (χ4v) is 1.91. The van der Waals surface area contributed by atoms with Crippen molar-refractivity contribution in [3.63, 3.8) is 0 Å². The first kappa shape index (κ1) is 14.4. The second-order valence-electron chi connectivity index (χ2n) is 4.17. The summed E-state index contributed by atoms with van der Waals surface area (Å²) >= 11 is 0. The number of aromatic amines is 1. The molecule has 2 aromatic rings. The number of ether oxygens (including phenoxy) is 1. The number of rotatable bonds is 4. The van der Waals surface area contributed by atoms with Gasteiger partial charge < -0.3 is 21.2 Å². The molecule has 0 aliphatic rings. The van der Waals surface area contributed by atoms with Gasteiger partial charge in [-0.25, -0.2) is 9.18 Å². The minimum atomic E-state index is -0.864. The van der Waals surface area contributed by atoms with Crippen LogP contribution in [-0.2, 0) is 0 Å². The minimum Gasteiger partial charge on any atom is -0.496 e. The predicted molar refractivity (Wildman–Crippen MR) is 74.5 cm³/mol. The van der Waals surface area contributed by atoms with E-state index in [1.165, 1.54) is 31.4 Å². The van der Waals surface area contributed by atoms with Crippen molar-refractivity contribution in [3.8, 4) is 17.0 Å². The summed E-state index contributed by atoms with van der Waals surface area (Å²) in [6.07, 6.45) is 0. The molecule has 6 N–H and O–H groups in total. The maximum absolute atomic E-state index is 13.4.